The summed E-state index contributed by atoms with van der Waals surface area (Å²) in [5.74, 6) is -1.10. The molecule has 0 radical (unpaired) electrons. The maximum absolute atomic E-state index is 11.0. The third kappa shape index (κ3) is 3.68. The van der Waals surface area contributed by atoms with E-state index >= 15 is 0 Å². The molecule has 1 fully saturated rings. The molecule has 1 aliphatic rings. The normalized spacial score (nSPS) is 27.4. The van der Waals surface area contributed by atoms with E-state index in [0.717, 1.165) is 13.1 Å². The van der Waals surface area contributed by atoms with Crippen molar-refractivity contribution in [2.24, 2.45) is 5.92 Å². The molecule has 1 aliphatic heterocycles. The predicted molar refractivity (Wildman–Crippen MR) is 67.1 cm³/mol. The summed E-state index contributed by atoms with van der Waals surface area (Å²) in [5, 5.41) is 9.09. The molecule has 2 unspecified atom stereocenters. The highest BCUT2D eigenvalue weighted by molar-refractivity contribution is 5.70. The lowest BCUT2D eigenvalue weighted by atomic mass is 9.94. The molecule has 0 saturated carbocycles. The van der Waals surface area contributed by atoms with Crippen molar-refractivity contribution < 1.29 is 14.6 Å². The van der Waals surface area contributed by atoms with Crippen molar-refractivity contribution in [3.05, 3.63) is 0 Å². The highest BCUT2D eigenvalue weighted by Gasteiger charge is 2.41. The fourth-order valence-corrected chi connectivity index (χ4v) is 2.66. The molecule has 17 heavy (non-hydrogen) atoms. The number of morpholine rings is 1. The molecule has 0 spiro atoms. The average molecular weight is 243 g/mol. The van der Waals surface area contributed by atoms with Crippen LogP contribution in [0.3, 0.4) is 0 Å². The van der Waals surface area contributed by atoms with Crippen LogP contribution in [0.15, 0.2) is 0 Å². The van der Waals surface area contributed by atoms with Crippen molar-refractivity contribution in [1.82, 2.24) is 4.90 Å². The standard InChI is InChI=1S/C13H25NO3/c1-9(11(15)16)10(2)14-7-12(3,4)17-13(5,6)8-14/h9-10H,7-8H2,1-6H3,(H,15,16). The lowest BCUT2D eigenvalue weighted by molar-refractivity contribution is -0.191. The van der Waals surface area contributed by atoms with E-state index in [-0.39, 0.29) is 23.2 Å². The molecule has 0 bridgehead atoms. The molecule has 4 nitrogen and oxygen atoms in total. The van der Waals surface area contributed by atoms with Crippen LogP contribution in [-0.4, -0.2) is 46.3 Å². The quantitative estimate of drug-likeness (QED) is 0.823. The summed E-state index contributed by atoms with van der Waals surface area (Å²) in [6.07, 6.45) is 0. The number of hydrogen-bond donors (Lipinski definition) is 1. The minimum Gasteiger partial charge on any atom is -0.481 e. The number of carbonyl (C=O) groups is 1. The molecule has 0 amide bonds. The van der Waals surface area contributed by atoms with Crippen LogP contribution < -0.4 is 0 Å². The van der Waals surface area contributed by atoms with E-state index in [1.165, 1.54) is 0 Å². The molecule has 0 aromatic carbocycles. The topological polar surface area (TPSA) is 49.8 Å². The second-order valence-corrected chi connectivity index (χ2v) is 6.39. The van der Waals surface area contributed by atoms with Crippen molar-refractivity contribution in [1.29, 1.82) is 0 Å². The second kappa shape index (κ2) is 4.58. The van der Waals surface area contributed by atoms with Crippen LogP contribution in [0.2, 0.25) is 0 Å². The molecule has 1 heterocycles. The first kappa shape index (κ1) is 14.5. The van der Waals surface area contributed by atoms with Gasteiger partial charge in [0.1, 0.15) is 0 Å². The summed E-state index contributed by atoms with van der Waals surface area (Å²) >= 11 is 0. The number of aliphatic carboxylic acids is 1. The fourth-order valence-electron chi connectivity index (χ4n) is 2.66. The van der Waals surface area contributed by atoms with Crippen LogP contribution in [0, 0.1) is 5.92 Å². The van der Waals surface area contributed by atoms with Gasteiger partial charge < -0.3 is 9.84 Å². The van der Waals surface area contributed by atoms with E-state index in [4.69, 9.17) is 9.84 Å². The Balaban J connectivity index is 2.80. The fraction of sp³-hybridized carbons (Fsp3) is 0.923. The van der Waals surface area contributed by atoms with E-state index in [0.29, 0.717) is 0 Å². The zero-order valence-corrected chi connectivity index (χ0v) is 11.8. The zero-order valence-electron chi connectivity index (χ0n) is 11.8. The largest absolute Gasteiger partial charge is 0.481 e. The van der Waals surface area contributed by atoms with Gasteiger partial charge >= 0.3 is 5.97 Å². The lowest BCUT2D eigenvalue weighted by Gasteiger charge is -2.49. The van der Waals surface area contributed by atoms with Crippen LogP contribution in [0.25, 0.3) is 0 Å². The minimum atomic E-state index is -0.736. The van der Waals surface area contributed by atoms with Gasteiger partial charge in [0.15, 0.2) is 0 Å². The van der Waals surface area contributed by atoms with E-state index < -0.39 is 5.97 Å². The molecule has 2 atom stereocenters. The van der Waals surface area contributed by atoms with Crippen LogP contribution in [0.5, 0.6) is 0 Å². The summed E-state index contributed by atoms with van der Waals surface area (Å²) in [6.45, 7) is 13.5. The van der Waals surface area contributed by atoms with Crippen molar-refractivity contribution in [3.63, 3.8) is 0 Å². The summed E-state index contributed by atoms with van der Waals surface area (Å²) in [6, 6.07) is 0.0231. The van der Waals surface area contributed by atoms with Gasteiger partial charge in [0, 0.05) is 19.1 Å². The Morgan fingerprint density at radius 3 is 1.94 bits per heavy atom. The van der Waals surface area contributed by atoms with Crippen LogP contribution in [0.4, 0.5) is 0 Å². The van der Waals surface area contributed by atoms with Crippen molar-refractivity contribution in [2.45, 2.75) is 58.8 Å². The van der Waals surface area contributed by atoms with Crippen LogP contribution >= 0.6 is 0 Å². The summed E-state index contributed by atoms with van der Waals surface area (Å²) in [7, 11) is 0. The number of rotatable bonds is 3. The highest BCUT2D eigenvalue weighted by Crippen LogP contribution is 2.30. The molecule has 1 saturated heterocycles. The molecule has 0 aromatic heterocycles. The Bertz CT molecular complexity index is 283. The first-order valence-electron chi connectivity index (χ1n) is 6.21. The number of carboxylic acid groups (broad SMARTS) is 1. The first-order valence-corrected chi connectivity index (χ1v) is 6.21. The second-order valence-electron chi connectivity index (χ2n) is 6.39. The molecule has 1 rings (SSSR count). The zero-order chi connectivity index (χ0) is 13.4. The molecular weight excluding hydrogens is 218 g/mol. The van der Waals surface area contributed by atoms with Gasteiger partial charge in [-0.15, -0.1) is 0 Å². The summed E-state index contributed by atoms with van der Waals surface area (Å²) in [4.78, 5) is 13.3. The first-order chi connectivity index (χ1) is 7.54. The Hall–Kier alpha value is -0.610. The third-order valence-corrected chi connectivity index (χ3v) is 3.41. The number of hydrogen-bond acceptors (Lipinski definition) is 3. The average Bonchev–Trinajstić information content (AvgIpc) is 2.10. The molecular formula is C13H25NO3. The van der Waals surface area contributed by atoms with Gasteiger partial charge in [0.25, 0.3) is 0 Å². The van der Waals surface area contributed by atoms with E-state index in [1.807, 2.05) is 6.92 Å². The van der Waals surface area contributed by atoms with E-state index in [2.05, 4.69) is 32.6 Å². The van der Waals surface area contributed by atoms with Crippen molar-refractivity contribution in [2.75, 3.05) is 13.1 Å². The van der Waals surface area contributed by atoms with Crippen molar-refractivity contribution >= 4 is 5.97 Å². The van der Waals surface area contributed by atoms with Gasteiger partial charge in [-0.1, -0.05) is 6.92 Å². The number of carboxylic acids is 1. The molecule has 1 N–H and O–H groups in total. The number of ether oxygens (including phenoxy) is 1. The van der Waals surface area contributed by atoms with Crippen LogP contribution in [-0.2, 0) is 9.53 Å². The number of nitrogens with zero attached hydrogens (tertiary/aromatic N) is 1. The molecule has 0 aromatic rings. The molecule has 100 valence electrons. The Labute approximate surface area is 104 Å². The van der Waals surface area contributed by atoms with Crippen LogP contribution in [0.1, 0.15) is 41.5 Å². The maximum atomic E-state index is 11.0. The Morgan fingerprint density at radius 2 is 1.59 bits per heavy atom. The predicted octanol–water partition coefficient (Wildman–Crippen LogP) is 1.98. The monoisotopic (exact) mass is 243 g/mol. The van der Waals surface area contributed by atoms with Gasteiger partial charge in [0.2, 0.25) is 0 Å². The Kier molecular flexibility index (Phi) is 3.89. The van der Waals surface area contributed by atoms with Gasteiger partial charge in [-0.25, -0.2) is 0 Å². The summed E-state index contributed by atoms with van der Waals surface area (Å²) < 4.78 is 5.99. The lowest BCUT2D eigenvalue weighted by Crippen LogP contribution is -2.60. The molecule has 0 aliphatic carbocycles. The maximum Gasteiger partial charge on any atom is 0.307 e. The minimum absolute atomic E-state index is 0.0231. The van der Waals surface area contributed by atoms with E-state index in [1.54, 1.807) is 6.92 Å². The highest BCUT2D eigenvalue weighted by atomic mass is 16.5. The summed E-state index contributed by atoms with van der Waals surface area (Å²) in [5.41, 5.74) is -0.456. The van der Waals surface area contributed by atoms with Gasteiger partial charge in [-0.2, -0.15) is 0 Å². The van der Waals surface area contributed by atoms with Crippen molar-refractivity contribution in [3.8, 4) is 0 Å². The SMILES string of the molecule is CC(C(=O)O)C(C)N1CC(C)(C)OC(C)(C)C1. The van der Waals surface area contributed by atoms with Gasteiger partial charge in [0.05, 0.1) is 17.1 Å². The van der Waals surface area contributed by atoms with Gasteiger partial charge in [-0.05, 0) is 34.6 Å². The van der Waals surface area contributed by atoms with Gasteiger partial charge in [-0.3, -0.25) is 9.69 Å². The van der Waals surface area contributed by atoms with E-state index in [9.17, 15) is 4.79 Å². The molecule has 4 heteroatoms. The Morgan fingerprint density at radius 1 is 1.18 bits per heavy atom. The smallest absolute Gasteiger partial charge is 0.307 e. The third-order valence-electron chi connectivity index (χ3n) is 3.41.